The number of rotatable bonds is 4. The summed E-state index contributed by atoms with van der Waals surface area (Å²) < 4.78 is 1.03. The Bertz CT molecular complexity index is 632. The van der Waals surface area contributed by atoms with Crippen LogP contribution in [0.1, 0.15) is 19.0 Å². The molecule has 0 saturated heterocycles. The molecule has 0 bridgehead atoms. The van der Waals surface area contributed by atoms with Gasteiger partial charge in [0.1, 0.15) is 5.82 Å². The first-order valence-electron chi connectivity index (χ1n) is 6.26. The van der Waals surface area contributed by atoms with Gasteiger partial charge in [-0.1, -0.05) is 30.1 Å². The zero-order valence-corrected chi connectivity index (χ0v) is 14.8. The van der Waals surface area contributed by atoms with E-state index in [1.807, 2.05) is 6.92 Å². The van der Waals surface area contributed by atoms with E-state index in [2.05, 4.69) is 44.8 Å². The second-order valence-electron chi connectivity index (χ2n) is 4.35. The first kappa shape index (κ1) is 15.8. The van der Waals surface area contributed by atoms with Gasteiger partial charge in [-0.15, -0.1) is 0 Å². The number of aryl methyl sites for hydroxylation is 1. The van der Waals surface area contributed by atoms with Crippen LogP contribution >= 0.6 is 45.8 Å². The second-order valence-corrected chi connectivity index (χ2v) is 6.27. The zero-order valence-electron chi connectivity index (χ0n) is 11.2. The quantitative estimate of drug-likeness (QED) is 0.690. The SMILES string of the molecule is CCCNc1nc(-c2cc(Cl)ccc2Cl)nc(C)c1I. The molecule has 20 heavy (non-hydrogen) atoms. The maximum Gasteiger partial charge on any atom is 0.163 e. The molecule has 2 aromatic rings. The summed E-state index contributed by atoms with van der Waals surface area (Å²) in [6.45, 7) is 4.94. The number of nitrogens with zero attached hydrogens (tertiary/aromatic N) is 2. The van der Waals surface area contributed by atoms with Crippen molar-refractivity contribution in [2.24, 2.45) is 0 Å². The molecule has 1 aromatic heterocycles. The molecule has 1 N–H and O–H groups in total. The Labute approximate surface area is 142 Å². The maximum absolute atomic E-state index is 6.22. The third-order valence-corrected chi connectivity index (χ3v) is 4.58. The molecule has 0 atom stereocenters. The van der Waals surface area contributed by atoms with E-state index in [0.29, 0.717) is 15.9 Å². The molecule has 6 heteroatoms. The number of hydrogen-bond acceptors (Lipinski definition) is 3. The van der Waals surface area contributed by atoms with Crippen LogP contribution in [-0.4, -0.2) is 16.5 Å². The van der Waals surface area contributed by atoms with Crippen LogP contribution in [0, 0.1) is 10.5 Å². The van der Waals surface area contributed by atoms with Crippen LogP contribution in [0.3, 0.4) is 0 Å². The summed E-state index contributed by atoms with van der Waals surface area (Å²) >= 11 is 14.5. The molecular formula is C14H14Cl2IN3. The molecule has 0 radical (unpaired) electrons. The molecule has 2 rings (SSSR count). The average Bonchev–Trinajstić information content (AvgIpc) is 2.43. The lowest BCUT2D eigenvalue weighted by Crippen LogP contribution is -2.07. The van der Waals surface area contributed by atoms with Crippen LogP contribution in [0.15, 0.2) is 18.2 Å². The molecule has 0 amide bonds. The van der Waals surface area contributed by atoms with Crippen molar-refractivity contribution in [2.45, 2.75) is 20.3 Å². The van der Waals surface area contributed by atoms with Crippen LogP contribution in [0.5, 0.6) is 0 Å². The highest BCUT2D eigenvalue weighted by atomic mass is 127. The minimum atomic E-state index is 0.592. The molecule has 0 aliphatic carbocycles. The third-order valence-electron chi connectivity index (χ3n) is 2.73. The van der Waals surface area contributed by atoms with E-state index in [4.69, 9.17) is 23.2 Å². The van der Waals surface area contributed by atoms with Gasteiger partial charge in [-0.25, -0.2) is 9.97 Å². The summed E-state index contributed by atoms with van der Waals surface area (Å²) in [6.07, 6.45) is 1.03. The van der Waals surface area contributed by atoms with Crippen molar-refractivity contribution in [3.8, 4) is 11.4 Å². The lowest BCUT2D eigenvalue weighted by atomic mass is 10.2. The summed E-state index contributed by atoms with van der Waals surface area (Å²) in [5.74, 6) is 1.43. The Morgan fingerprint density at radius 3 is 2.70 bits per heavy atom. The predicted octanol–water partition coefficient (Wildman–Crippen LogP) is 5.19. The number of hydrogen-bond donors (Lipinski definition) is 1. The molecular weight excluding hydrogens is 408 g/mol. The van der Waals surface area contributed by atoms with Gasteiger partial charge in [0.2, 0.25) is 0 Å². The standard InChI is InChI=1S/C14H14Cl2IN3/c1-3-6-18-14-12(17)8(2)19-13(20-14)10-7-9(15)4-5-11(10)16/h4-5,7H,3,6H2,1-2H3,(H,18,19,20). The van der Waals surface area contributed by atoms with Crippen molar-refractivity contribution in [1.82, 2.24) is 9.97 Å². The van der Waals surface area contributed by atoms with E-state index in [0.717, 1.165) is 33.6 Å². The number of benzene rings is 1. The van der Waals surface area contributed by atoms with E-state index in [9.17, 15) is 0 Å². The van der Waals surface area contributed by atoms with Gasteiger partial charge in [0.15, 0.2) is 5.82 Å². The molecule has 0 aliphatic rings. The first-order chi connectivity index (χ1) is 9.52. The smallest absolute Gasteiger partial charge is 0.163 e. The Morgan fingerprint density at radius 2 is 2.00 bits per heavy atom. The van der Waals surface area contributed by atoms with Crippen molar-refractivity contribution in [3.63, 3.8) is 0 Å². The summed E-state index contributed by atoms with van der Waals surface area (Å²) in [7, 11) is 0. The Kier molecular flexibility index (Phi) is 5.46. The van der Waals surface area contributed by atoms with E-state index in [1.54, 1.807) is 18.2 Å². The molecule has 0 unspecified atom stereocenters. The summed E-state index contributed by atoms with van der Waals surface area (Å²) in [6, 6.07) is 5.30. The van der Waals surface area contributed by atoms with Gasteiger partial charge in [0, 0.05) is 17.1 Å². The fourth-order valence-corrected chi connectivity index (χ4v) is 2.52. The fourth-order valence-electron chi connectivity index (χ4n) is 1.71. The van der Waals surface area contributed by atoms with Gasteiger partial charge in [0.25, 0.3) is 0 Å². The predicted molar refractivity (Wildman–Crippen MR) is 93.7 cm³/mol. The van der Waals surface area contributed by atoms with Crippen LogP contribution in [0.2, 0.25) is 10.0 Å². The van der Waals surface area contributed by atoms with Crippen LogP contribution in [0.4, 0.5) is 5.82 Å². The highest BCUT2D eigenvalue weighted by molar-refractivity contribution is 14.1. The van der Waals surface area contributed by atoms with Crippen LogP contribution in [0.25, 0.3) is 11.4 Å². The van der Waals surface area contributed by atoms with Gasteiger partial charge in [0.05, 0.1) is 14.3 Å². The topological polar surface area (TPSA) is 37.8 Å². The summed E-state index contributed by atoms with van der Waals surface area (Å²) in [4.78, 5) is 9.08. The zero-order chi connectivity index (χ0) is 14.7. The van der Waals surface area contributed by atoms with Crippen molar-refractivity contribution >= 4 is 51.6 Å². The van der Waals surface area contributed by atoms with Crippen molar-refractivity contribution < 1.29 is 0 Å². The lowest BCUT2D eigenvalue weighted by molar-refractivity contribution is 0.958. The molecule has 106 valence electrons. The monoisotopic (exact) mass is 421 g/mol. The van der Waals surface area contributed by atoms with E-state index in [-0.39, 0.29) is 0 Å². The number of aromatic nitrogens is 2. The number of halogens is 3. The Morgan fingerprint density at radius 1 is 1.25 bits per heavy atom. The van der Waals surface area contributed by atoms with Gasteiger partial charge >= 0.3 is 0 Å². The molecule has 1 aromatic carbocycles. The summed E-state index contributed by atoms with van der Waals surface area (Å²) in [5, 5.41) is 4.52. The molecule has 0 aliphatic heterocycles. The Balaban J connectivity index is 2.51. The van der Waals surface area contributed by atoms with Gasteiger partial charge in [-0.05, 0) is 54.1 Å². The van der Waals surface area contributed by atoms with Crippen molar-refractivity contribution in [3.05, 3.63) is 37.5 Å². The highest BCUT2D eigenvalue weighted by Gasteiger charge is 2.13. The number of anilines is 1. The van der Waals surface area contributed by atoms with Crippen LogP contribution < -0.4 is 5.32 Å². The minimum Gasteiger partial charge on any atom is -0.369 e. The molecule has 1 heterocycles. The first-order valence-corrected chi connectivity index (χ1v) is 8.09. The fraction of sp³-hybridized carbons (Fsp3) is 0.286. The van der Waals surface area contributed by atoms with Gasteiger partial charge in [-0.3, -0.25) is 0 Å². The van der Waals surface area contributed by atoms with E-state index >= 15 is 0 Å². The molecule has 3 nitrogen and oxygen atoms in total. The normalized spacial score (nSPS) is 10.7. The van der Waals surface area contributed by atoms with Gasteiger partial charge in [-0.2, -0.15) is 0 Å². The van der Waals surface area contributed by atoms with Crippen molar-refractivity contribution in [1.29, 1.82) is 0 Å². The second kappa shape index (κ2) is 6.91. The van der Waals surface area contributed by atoms with Gasteiger partial charge < -0.3 is 5.32 Å². The average molecular weight is 422 g/mol. The Hall–Kier alpha value is -0.590. The molecule has 0 saturated carbocycles. The highest BCUT2D eigenvalue weighted by Crippen LogP contribution is 2.30. The largest absolute Gasteiger partial charge is 0.369 e. The molecule has 0 spiro atoms. The third kappa shape index (κ3) is 3.54. The van der Waals surface area contributed by atoms with E-state index < -0.39 is 0 Å². The number of nitrogens with one attached hydrogen (secondary N) is 1. The van der Waals surface area contributed by atoms with Crippen LogP contribution in [-0.2, 0) is 0 Å². The molecule has 0 fully saturated rings. The minimum absolute atomic E-state index is 0.592. The van der Waals surface area contributed by atoms with Crippen molar-refractivity contribution in [2.75, 3.05) is 11.9 Å². The summed E-state index contributed by atoms with van der Waals surface area (Å²) in [5.41, 5.74) is 1.67. The lowest BCUT2D eigenvalue weighted by Gasteiger charge is -2.11. The maximum atomic E-state index is 6.22. The van der Waals surface area contributed by atoms with E-state index in [1.165, 1.54) is 0 Å².